The second kappa shape index (κ2) is 14.0. The van der Waals surface area contributed by atoms with Crippen molar-refractivity contribution in [3.63, 3.8) is 0 Å². The topological polar surface area (TPSA) is 63.6 Å². The van der Waals surface area contributed by atoms with Gasteiger partial charge < -0.3 is 9.84 Å². The summed E-state index contributed by atoms with van der Waals surface area (Å²) in [4.78, 5) is 24.5. The van der Waals surface area contributed by atoms with Crippen molar-refractivity contribution in [1.82, 2.24) is 0 Å². The van der Waals surface area contributed by atoms with E-state index in [9.17, 15) is 14.7 Å². The molecule has 1 rings (SSSR count). The van der Waals surface area contributed by atoms with Crippen LogP contribution in [0.4, 0.5) is 0 Å². The number of carbonyl (C=O) groups excluding carboxylic acids is 1. The number of ether oxygens (including phenoxy) is 1. The molecule has 4 nitrogen and oxygen atoms in total. The van der Waals surface area contributed by atoms with Crippen molar-refractivity contribution in [1.29, 1.82) is 0 Å². The zero-order chi connectivity index (χ0) is 23.4. The summed E-state index contributed by atoms with van der Waals surface area (Å²) in [6, 6.07) is 0. The molecule has 4 heteroatoms. The standard InChI is InChI=1S/C27H48O4/c1-20(2)13-9-7-8-10-14-22(18-17-21(3)19-27(4,5)6)31-26(30)24-16-12-11-15-23(24)25(28)29/h12,16,20-24H,7-11,13-15,17-19H2,1-6H3,(H,28,29). The molecule has 0 spiro atoms. The second-order valence-corrected chi connectivity index (χ2v) is 11.4. The number of carboxylic acid groups (broad SMARTS) is 1. The van der Waals surface area contributed by atoms with Crippen LogP contribution >= 0.6 is 0 Å². The van der Waals surface area contributed by atoms with Gasteiger partial charge in [-0.25, -0.2) is 0 Å². The molecule has 0 aromatic rings. The minimum absolute atomic E-state index is 0.107. The van der Waals surface area contributed by atoms with Crippen LogP contribution in [0.3, 0.4) is 0 Å². The fourth-order valence-electron chi connectivity index (χ4n) is 4.75. The minimum Gasteiger partial charge on any atom is -0.481 e. The first kappa shape index (κ1) is 27.7. The zero-order valence-corrected chi connectivity index (χ0v) is 21.0. The Kier molecular flexibility index (Phi) is 12.5. The molecule has 0 aromatic heterocycles. The molecule has 0 saturated carbocycles. The van der Waals surface area contributed by atoms with Crippen molar-refractivity contribution >= 4 is 11.9 Å². The van der Waals surface area contributed by atoms with Crippen LogP contribution in [-0.2, 0) is 14.3 Å². The summed E-state index contributed by atoms with van der Waals surface area (Å²) in [5, 5.41) is 9.50. The molecule has 4 unspecified atom stereocenters. The van der Waals surface area contributed by atoms with E-state index in [1.807, 2.05) is 6.08 Å². The quantitative estimate of drug-likeness (QED) is 0.175. The Hall–Kier alpha value is -1.32. The molecule has 1 aliphatic carbocycles. The van der Waals surface area contributed by atoms with Crippen molar-refractivity contribution in [2.75, 3.05) is 0 Å². The molecule has 0 radical (unpaired) electrons. The summed E-state index contributed by atoms with van der Waals surface area (Å²) in [7, 11) is 0. The van der Waals surface area contributed by atoms with Crippen molar-refractivity contribution in [3.05, 3.63) is 12.2 Å². The van der Waals surface area contributed by atoms with Crippen molar-refractivity contribution in [2.24, 2.45) is 29.1 Å². The molecule has 0 fully saturated rings. The first-order valence-electron chi connectivity index (χ1n) is 12.6. The highest BCUT2D eigenvalue weighted by Gasteiger charge is 2.35. The van der Waals surface area contributed by atoms with Gasteiger partial charge in [0.1, 0.15) is 6.10 Å². The SMILES string of the molecule is CC(C)CCCCCCC(CCC(C)CC(C)(C)C)OC(=O)C1C=CCCC1C(=O)O. The van der Waals surface area contributed by atoms with Crippen molar-refractivity contribution in [2.45, 2.75) is 118 Å². The van der Waals surface area contributed by atoms with Gasteiger partial charge in [-0.3, -0.25) is 9.59 Å². The lowest BCUT2D eigenvalue weighted by molar-refractivity contribution is -0.160. The van der Waals surface area contributed by atoms with Gasteiger partial charge >= 0.3 is 11.9 Å². The van der Waals surface area contributed by atoms with Gasteiger partial charge in [0.05, 0.1) is 11.8 Å². The lowest BCUT2D eigenvalue weighted by Crippen LogP contribution is -2.34. The monoisotopic (exact) mass is 436 g/mol. The van der Waals surface area contributed by atoms with E-state index in [-0.39, 0.29) is 12.1 Å². The first-order valence-corrected chi connectivity index (χ1v) is 12.6. The molecule has 0 aliphatic heterocycles. The fraction of sp³-hybridized carbons (Fsp3) is 0.852. The van der Waals surface area contributed by atoms with Crippen molar-refractivity contribution < 1.29 is 19.4 Å². The minimum atomic E-state index is -0.896. The molecule has 31 heavy (non-hydrogen) atoms. The van der Waals surface area contributed by atoms with Crippen LogP contribution in [0.2, 0.25) is 0 Å². The molecule has 1 N–H and O–H groups in total. The summed E-state index contributed by atoms with van der Waals surface area (Å²) in [5.41, 5.74) is 0.295. The van der Waals surface area contributed by atoms with Crippen LogP contribution in [0.15, 0.2) is 12.2 Å². The molecule has 0 aromatic carbocycles. The maximum Gasteiger partial charge on any atom is 0.313 e. The second-order valence-electron chi connectivity index (χ2n) is 11.4. The van der Waals surface area contributed by atoms with Gasteiger partial charge in [0.15, 0.2) is 0 Å². The number of aliphatic carboxylic acids is 1. The lowest BCUT2D eigenvalue weighted by atomic mass is 9.83. The van der Waals surface area contributed by atoms with Crippen molar-refractivity contribution in [3.8, 4) is 0 Å². The number of unbranched alkanes of at least 4 members (excludes halogenated alkanes) is 3. The van der Waals surface area contributed by atoms with E-state index >= 15 is 0 Å². The largest absolute Gasteiger partial charge is 0.481 e. The summed E-state index contributed by atoms with van der Waals surface area (Å²) < 4.78 is 5.94. The Morgan fingerprint density at radius 3 is 2.23 bits per heavy atom. The number of hydrogen-bond donors (Lipinski definition) is 1. The van der Waals surface area contributed by atoms with Gasteiger partial charge in [-0.2, -0.15) is 0 Å². The summed E-state index contributed by atoms with van der Waals surface area (Å²) >= 11 is 0. The van der Waals surface area contributed by atoms with Gasteiger partial charge in [0.2, 0.25) is 0 Å². The molecule has 0 bridgehead atoms. The van der Waals surface area contributed by atoms with Gasteiger partial charge in [-0.05, 0) is 62.2 Å². The highest BCUT2D eigenvalue weighted by molar-refractivity contribution is 5.83. The Labute approximate surface area is 191 Å². The highest BCUT2D eigenvalue weighted by Crippen LogP contribution is 2.30. The smallest absolute Gasteiger partial charge is 0.313 e. The van der Waals surface area contributed by atoms with Crippen LogP contribution in [0.5, 0.6) is 0 Å². The third kappa shape index (κ3) is 12.3. The maximum atomic E-state index is 12.9. The third-order valence-electron chi connectivity index (χ3n) is 6.29. The number of rotatable bonds is 14. The van der Waals surface area contributed by atoms with E-state index in [0.29, 0.717) is 24.2 Å². The normalized spacial score (nSPS) is 21.1. The summed E-state index contributed by atoms with van der Waals surface area (Å²) in [6.45, 7) is 13.6. The molecule has 0 heterocycles. The van der Waals surface area contributed by atoms with Gasteiger partial charge in [0, 0.05) is 0 Å². The molecule has 0 saturated heterocycles. The predicted molar refractivity (Wildman–Crippen MR) is 128 cm³/mol. The third-order valence-corrected chi connectivity index (χ3v) is 6.29. The molecular formula is C27H48O4. The Bertz CT molecular complexity index is 558. The molecule has 0 amide bonds. The Morgan fingerprint density at radius 2 is 1.65 bits per heavy atom. The number of carboxylic acids is 1. The van der Waals surface area contributed by atoms with E-state index in [4.69, 9.17) is 4.74 Å². The van der Waals surface area contributed by atoms with Crippen LogP contribution in [0.25, 0.3) is 0 Å². The average Bonchev–Trinajstić information content (AvgIpc) is 2.66. The van der Waals surface area contributed by atoms with E-state index in [1.54, 1.807) is 6.08 Å². The lowest BCUT2D eigenvalue weighted by Gasteiger charge is -2.27. The Morgan fingerprint density at radius 1 is 1.00 bits per heavy atom. The zero-order valence-electron chi connectivity index (χ0n) is 21.0. The number of hydrogen-bond acceptors (Lipinski definition) is 3. The number of allylic oxidation sites excluding steroid dienone is 1. The summed E-state index contributed by atoms with van der Waals surface area (Å²) in [5.74, 6) is -1.22. The van der Waals surface area contributed by atoms with Gasteiger partial charge in [-0.15, -0.1) is 0 Å². The van der Waals surface area contributed by atoms with E-state index in [2.05, 4.69) is 41.5 Å². The van der Waals surface area contributed by atoms with Gasteiger partial charge in [-0.1, -0.05) is 79.4 Å². The molecule has 1 aliphatic rings. The average molecular weight is 437 g/mol. The van der Waals surface area contributed by atoms with E-state index in [1.165, 1.54) is 25.7 Å². The first-order chi connectivity index (χ1) is 14.5. The Balaban J connectivity index is 2.63. The maximum absolute atomic E-state index is 12.9. The molecule has 4 atom stereocenters. The fourth-order valence-corrected chi connectivity index (χ4v) is 4.75. The van der Waals surface area contributed by atoms with Crippen LogP contribution in [-0.4, -0.2) is 23.1 Å². The van der Waals surface area contributed by atoms with E-state index < -0.39 is 17.8 Å². The molecule has 180 valence electrons. The van der Waals surface area contributed by atoms with Crippen LogP contribution in [0.1, 0.15) is 112 Å². The van der Waals surface area contributed by atoms with Crippen LogP contribution in [0, 0.1) is 29.1 Å². The highest BCUT2D eigenvalue weighted by atomic mass is 16.5. The number of carbonyl (C=O) groups is 2. The van der Waals surface area contributed by atoms with E-state index in [0.717, 1.165) is 38.0 Å². The molecular weight excluding hydrogens is 388 g/mol. The predicted octanol–water partition coefficient (Wildman–Crippen LogP) is 7.41. The van der Waals surface area contributed by atoms with Crippen LogP contribution < -0.4 is 0 Å². The number of esters is 1. The summed E-state index contributed by atoms with van der Waals surface area (Å²) in [6.07, 6.45) is 14.7. The van der Waals surface area contributed by atoms with Gasteiger partial charge in [0.25, 0.3) is 0 Å².